The lowest BCUT2D eigenvalue weighted by atomic mass is 9.97. The van der Waals surface area contributed by atoms with Crippen molar-refractivity contribution in [2.75, 3.05) is 19.0 Å². The smallest absolute Gasteiger partial charge is 0.258 e. The van der Waals surface area contributed by atoms with Crippen molar-refractivity contribution in [2.45, 2.75) is 64.6 Å². The summed E-state index contributed by atoms with van der Waals surface area (Å²) in [5.74, 6) is 1.70. The van der Waals surface area contributed by atoms with Crippen LogP contribution in [0.25, 0.3) is 21.6 Å². The highest BCUT2D eigenvalue weighted by atomic mass is 35.5. The summed E-state index contributed by atoms with van der Waals surface area (Å²) in [7, 11) is -0.454. The SMILES string of the molecule is COc1cc(-c2c(-c3ccc(Cl)cc3)sc3c2NCCC3=O)ccc1O[Si](C(C)C)(C(C)C)C(C)C. The average Bonchev–Trinajstić information content (AvgIpc) is 3.23. The summed E-state index contributed by atoms with van der Waals surface area (Å²) in [4.78, 5) is 14.6. The number of ether oxygens (including phenoxy) is 1. The molecule has 0 aliphatic carbocycles. The molecule has 4 rings (SSSR count). The van der Waals surface area contributed by atoms with Crippen LogP contribution in [0.2, 0.25) is 21.6 Å². The summed E-state index contributed by atoms with van der Waals surface area (Å²) in [6.07, 6.45) is 0.509. The molecule has 0 saturated heterocycles. The summed E-state index contributed by atoms with van der Waals surface area (Å²) in [5, 5.41) is 4.18. The molecule has 7 heteroatoms. The van der Waals surface area contributed by atoms with Gasteiger partial charge in [-0.15, -0.1) is 11.3 Å². The molecule has 0 unspecified atom stereocenters. The van der Waals surface area contributed by atoms with Crippen LogP contribution in [0, 0.1) is 0 Å². The third kappa shape index (κ3) is 4.71. The number of methoxy groups -OCH3 is 1. The van der Waals surface area contributed by atoms with Crippen molar-refractivity contribution in [1.82, 2.24) is 0 Å². The highest BCUT2D eigenvalue weighted by Crippen LogP contribution is 2.50. The summed E-state index contributed by atoms with van der Waals surface area (Å²) in [6.45, 7) is 14.3. The lowest BCUT2D eigenvalue weighted by molar-refractivity contribution is 0.0988. The fourth-order valence-corrected chi connectivity index (χ4v) is 12.4. The molecule has 0 amide bonds. The van der Waals surface area contributed by atoms with Crippen molar-refractivity contribution < 1.29 is 14.0 Å². The van der Waals surface area contributed by atoms with E-state index >= 15 is 0 Å². The molecule has 0 fully saturated rings. The number of fused-ring (bicyclic) bond motifs is 1. The summed E-state index contributed by atoms with van der Waals surface area (Å²) in [5.41, 5.74) is 5.33. The third-order valence-corrected chi connectivity index (χ3v) is 14.9. The van der Waals surface area contributed by atoms with Crippen LogP contribution in [0.15, 0.2) is 42.5 Å². The third-order valence-electron chi connectivity index (χ3n) is 7.37. The number of carbonyl (C=O) groups is 1. The zero-order valence-electron chi connectivity index (χ0n) is 22.2. The van der Waals surface area contributed by atoms with Crippen molar-refractivity contribution in [3.05, 3.63) is 52.4 Å². The van der Waals surface area contributed by atoms with Crippen LogP contribution in [-0.4, -0.2) is 27.8 Å². The van der Waals surface area contributed by atoms with Crippen molar-refractivity contribution in [3.8, 4) is 33.1 Å². The lowest BCUT2D eigenvalue weighted by Gasteiger charge is -2.42. The normalized spacial score (nSPS) is 13.8. The van der Waals surface area contributed by atoms with Crippen LogP contribution in [0.3, 0.4) is 0 Å². The van der Waals surface area contributed by atoms with E-state index in [0.29, 0.717) is 34.6 Å². The Morgan fingerprint density at radius 1 is 0.889 bits per heavy atom. The van der Waals surface area contributed by atoms with Gasteiger partial charge in [-0.25, -0.2) is 0 Å². The highest BCUT2D eigenvalue weighted by Gasteiger charge is 2.47. The molecule has 4 nitrogen and oxygen atoms in total. The first kappa shape index (κ1) is 26.8. The van der Waals surface area contributed by atoms with Gasteiger partial charge in [0.1, 0.15) is 5.75 Å². The summed E-state index contributed by atoms with van der Waals surface area (Å²) < 4.78 is 12.9. The zero-order valence-corrected chi connectivity index (χ0v) is 24.8. The van der Waals surface area contributed by atoms with Gasteiger partial charge < -0.3 is 14.5 Å². The van der Waals surface area contributed by atoms with Crippen LogP contribution in [-0.2, 0) is 0 Å². The molecule has 2 heterocycles. The number of hydrogen-bond acceptors (Lipinski definition) is 5. The largest absolute Gasteiger partial charge is 0.540 e. The van der Waals surface area contributed by atoms with Gasteiger partial charge in [0.25, 0.3) is 8.32 Å². The molecule has 3 aromatic rings. The van der Waals surface area contributed by atoms with E-state index in [0.717, 1.165) is 43.6 Å². The first-order valence-corrected chi connectivity index (χ1v) is 16.0. The number of benzene rings is 2. The quantitative estimate of drug-likeness (QED) is 0.288. The number of halogens is 1. The Hall–Kier alpha value is -2.28. The number of carbonyl (C=O) groups excluding carboxylic acids is 1. The van der Waals surface area contributed by atoms with Gasteiger partial charge in [0.05, 0.1) is 17.7 Å². The van der Waals surface area contributed by atoms with Gasteiger partial charge in [0.2, 0.25) is 0 Å². The number of thiophene rings is 1. The fourth-order valence-electron chi connectivity index (χ4n) is 5.74. The predicted molar refractivity (Wildman–Crippen MR) is 156 cm³/mol. The highest BCUT2D eigenvalue weighted by molar-refractivity contribution is 7.18. The molecule has 0 saturated carbocycles. The van der Waals surface area contributed by atoms with E-state index < -0.39 is 8.32 Å². The molecule has 0 spiro atoms. The molecule has 0 radical (unpaired) electrons. The van der Waals surface area contributed by atoms with Crippen LogP contribution in [0.5, 0.6) is 11.5 Å². The molecule has 1 N–H and O–H groups in total. The fraction of sp³-hybridized carbons (Fsp3) is 0.414. The number of rotatable bonds is 8. The van der Waals surface area contributed by atoms with Crippen molar-refractivity contribution in [1.29, 1.82) is 0 Å². The van der Waals surface area contributed by atoms with Gasteiger partial charge in [-0.3, -0.25) is 4.79 Å². The molecule has 1 aliphatic heterocycles. The van der Waals surface area contributed by atoms with Gasteiger partial charge >= 0.3 is 0 Å². The average molecular weight is 542 g/mol. The van der Waals surface area contributed by atoms with E-state index in [1.807, 2.05) is 30.3 Å². The topological polar surface area (TPSA) is 47.6 Å². The van der Waals surface area contributed by atoms with E-state index in [-0.39, 0.29) is 5.78 Å². The van der Waals surface area contributed by atoms with Crippen LogP contribution in [0.1, 0.15) is 57.6 Å². The number of nitrogens with one attached hydrogen (secondary N) is 1. The number of hydrogen-bond donors (Lipinski definition) is 1. The molecule has 0 bridgehead atoms. The first-order chi connectivity index (χ1) is 17.1. The Morgan fingerprint density at radius 3 is 2.08 bits per heavy atom. The van der Waals surface area contributed by atoms with Crippen molar-refractivity contribution >= 4 is 42.7 Å². The monoisotopic (exact) mass is 541 g/mol. The first-order valence-electron chi connectivity index (χ1n) is 12.7. The van der Waals surface area contributed by atoms with Gasteiger partial charge in [0, 0.05) is 28.4 Å². The molecular weight excluding hydrogens is 506 g/mol. The van der Waals surface area contributed by atoms with Gasteiger partial charge in [-0.2, -0.15) is 0 Å². The standard InChI is InChI=1S/C29H36ClNO3SSi/c1-17(2)36(18(3)4,19(5)6)34-24-13-10-21(16-25(24)33-7)26-27-29(23(32)14-15-31-27)35-28(26)20-8-11-22(30)12-9-20/h8-13,16-19,31H,14-15H2,1-7H3. The van der Waals surface area contributed by atoms with E-state index in [4.69, 9.17) is 20.8 Å². The molecule has 2 aromatic carbocycles. The Balaban J connectivity index is 1.86. The second kappa shape index (κ2) is 10.6. The van der Waals surface area contributed by atoms with Gasteiger partial charge in [-0.1, -0.05) is 71.3 Å². The van der Waals surface area contributed by atoms with Gasteiger partial charge in [-0.05, 0) is 52.0 Å². The minimum absolute atomic E-state index is 0.184. The molecular formula is C29H36ClNO3SSi. The molecule has 192 valence electrons. The maximum atomic E-state index is 12.8. The van der Waals surface area contributed by atoms with Crippen molar-refractivity contribution in [3.63, 3.8) is 0 Å². The Morgan fingerprint density at radius 2 is 1.50 bits per heavy atom. The maximum absolute atomic E-state index is 12.8. The number of ketones is 1. The Labute approximate surface area is 225 Å². The van der Waals surface area contributed by atoms with Crippen LogP contribution < -0.4 is 14.5 Å². The zero-order chi connectivity index (χ0) is 26.2. The Kier molecular flexibility index (Phi) is 7.88. The summed E-state index contributed by atoms with van der Waals surface area (Å²) in [6, 6.07) is 14.0. The number of Topliss-reactive ketones (excluding diaryl/α,β-unsaturated/α-hetero) is 1. The second-order valence-corrected chi connectivity index (χ2v) is 17.2. The Bertz CT molecular complexity index is 1230. The minimum Gasteiger partial charge on any atom is -0.540 e. The van der Waals surface area contributed by atoms with Crippen molar-refractivity contribution in [2.24, 2.45) is 0 Å². The van der Waals surface area contributed by atoms with E-state index in [1.54, 1.807) is 18.4 Å². The van der Waals surface area contributed by atoms with E-state index in [9.17, 15) is 4.79 Å². The van der Waals surface area contributed by atoms with Crippen LogP contribution in [0.4, 0.5) is 5.69 Å². The molecule has 1 aromatic heterocycles. The van der Waals surface area contributed by atoms with Crippen LogP contribution >= 0.6 is 22.9 Å². The lowest BCUT2D eigenvalue weighted by Crippen LogP contribution is -2.50. The van der Waals surface area contributed by atoms with Gasteiger partial charge in [0.15, 0.2) is 11.5 Å². The molecule has 0 atom stereocenters. The van der Waals surface area contributed by atoms with E-state index in [2.05, 4.69) is 59.0 Å². The predicted octanol–water partition coefficient (Wildman–Crippen LogP) is 9.30. The maximum Gasteiger partial charge on any atom is 0.258 e. The summed E-state index contributed by atoms with van der Waals surface area (Å²) >= 11 is 7.71. The number of anilines is 1. The molecule has 36 heavy (non-hydrogen) atoms. The minimum atomic E-state index is -2.15. The van der Waals surface area contributed by atoms with E-state index in [1.165, 1.54) is 0 Å². The molecule has 1 aliphatic rings. The second-order valence-electron chi connectivity index (χ2n) is 10.4.